The molecule has 0 aliphatic rings. The molecule has 152 valence electrons. The second-order valence-electron chi connectivity index (χ2n) is 6.22. The summed E-state index contributed by atoms with van der Waals surface area (Å²) in [5, 5.41) is 2.78. The zero-order valence-corrected chi connectivity index (χ0v) is 17.0. The van der Waals surface area contributed by atoms with Crippen molar-refractivity contribution in [2.75, 3.05) is 17.2 Å². The Bertz CT molecular complexity index is 901. The minimum Gasteiger partial charge on any atom is -0.494 e. The number of ether oxygens (including phenoxy) is 1. The van der Waals surface area contributed by atoms with Crippen LogP contribution in [0, 0.1) is 5.82 Å². The molecule has 28 heavy (non-hydrogen) atoms. The highest BCUT2D eigenvalue weighted by atomic mass is 32.2. The van der Waals surface area contributed by atoms with E-state index >= 15 is 0 Å². The highest BCUT2D eigenvalue weighted by molar-refractivity contribution is 7.92. The molecule has 1 N–H and O–H groups in total. The molecule has 2 aromatic carbocycles. The van der Waals surface area contributed by atoms with Gasteiger partial charge in [0.05, 0.1) is 18.6 Å². The average Bonchev–Trinajstić information content (AvgIpc) is 2.65. The van der Waals surface area contributed by atoms with E-state index in [0.717, 1.165) is 28.3 Å². The van der Waals surface area contributed by atoms with Crippen LogP contribution in [0.3, 0.4) is 0 Å². The highest BCUT2D eigenvalue weighted by Gasteiger charge is 2.31. The predicted molar refractivity (Wildman–Crippen MR) is 107 cm³/mol. The van der Waals surface area contributed by atoms with E-state index in [1.807, 2.05) is 31.2 Å². The molecule has 2 rings (SSSR count). The SMILES string of the molecule is CCOc1ccccc1CNC(=O)[C@H](CC)N(c1ccc(F)cc1)S(C)(=O)=O. The van der Waals surface area contributed by atoms with Crippen LogP contribution in [-0.4, -0.2) is 33.2 Å². The molecular weight excluding hydrogens is 383 g/mol. The van der Waals surface area contributed by atoms with Gasteiger partial charge in [-0.1, -0.05) is 25.1 Å². The normalized spacial score (nSPS) is 12.3. The highest BCUT2D eigenvalue weighted by Crippen LogP contribution is 2.23. The number of carbonyl (C=O) groups is 1. The molecule has 2 aromatic rings. The number of hydrogen-bond donors (Lipinski definition) is 1. The van der Waals surface area contributed by atoms with E-state index in [1.165, 1.54) is 12.1 Å². The van der Waals surface area contributed by atoms with E-state index in [2.05, 4.69) is 5.32 Å². The molecule has 0 saturated carbocycles. The molecule has 0 unspecified atom stereocenters. The Hall–Kier alpha value is -2.61. The van der Waals surface area contributed by atoms with Crippen molar-refractivity contribution in [3.8, 4) is 5.75 Å². The zero-order chi connectivity index (χ0) is 20.7. The summed E-state index contributed by atoms with van der Waals surface area (Å²) in [4.78, 5) is 12.8. The van der Waals surface area contributed by atoms with Crippen LogP contribution in [0.5, 0.6) is 5.75 Å². The van der Waals surface area contributed by atoms with Crippen molar-refractivity contribution in [1.29, 1.82) is 0 Å². The van der Waals surface area contributed by atoms with Crippen LogP contribution >= 0.6 is 0 Å². The molecule has 0 spiro atoms. The molecule has 0 heterocycles. The Kier molecular flexibility index (Phi) is 7.39. The first-order valence-electron chi connectivity index (χ1n) is 9.01. The fourth-order valence-electron chi connectivity index (χ4n) is 2.89. The van der Waals surface area contributed by atoms with Crippen LogP contribution in [-0.2, 0) is 21.4 Å². The number of sulfonamides is 1. The lowest BCUT2D eigenvalue weighted by molar-refractivity contribution is -0.122. The molecular formula is C20H25FN2O4S. The van der Waals surface area contributed by atoms with Gasteiger partial charge in [-0.2, -0.15) is 0 Å². The van der Waals surface area contributed by atoms with Crippen molar-refractivity contribution in [3.63, 3.8) is 0 Å². The molecule has 0 bridgehead atoms. The van der Waals surface area contributed by atoms with Gasteiger partial charge in [0, 0.05) is 12.1 Å². The lowest BCUT2D eigenvalue weighted by atomic mass is 10.1. The van der Waals surface area contributed by atoms with Gasteiger partial charge >= 0.3 is 0 Å². The molecule has 0 aliphatic heterocycles. The van der Waals surface area contributed by atoms with E-state index in [4.69, 9.17) is 4.74 Å². The number of amides is 1. The summed E-state index contributed by atoms with van der Waals surface area (Å²) in [6.45, 7) is 4.29. The smallest absolute Gasteiger partial charge is 0.244 e. The van der Waals surface area contributed by atoms with Gasteiger partial charge in [-0.05, 0) is 43.7 Å². The molecule has 6 nitrogen and oxygen atoms in total. The fourth-order valence-corrected chi connectivity index (χ4v) is 4.11. The van der Waals surface area contributed by atoms with Crippen LogP contribution in [0.15, 0.2) is 48.5 Å². The number of rotatable bonds is 9. The second-order valence-corrected chi connectivity index (χ2v) is 8.08. The first-order chi connectivity index (χ1) is 13.3. The number of hydrogen-bond acceptors (Lipinski definition) is 4. The number of para-hydroxylation sites is 1. The Morgan fingerprint density at radius 2 is 1.79 bits per heavy atom. The van der Waals surface area contributed by atoms with Crippen LogP contribution in [0.25, 0.3) is 0 Å². The molecule has 0 aliphatic carbocycles. The molecule has 0 fully saturated rings. The van der Waals surface area contributed by atoms with E-state index in [1.54, 1.807) is 6.92 Å². The summed E-state index contributed by atoms with van der Waals surface area (Å²) in [6, 6.07) is 11.4. The third-order valence-electron chi connectivity index (χ3n) is 4.14. The van der Waals surface area contributed by atoms with Crippen molar-refractivity contribution in [2.45, 2.75) is 32.9 Å². The van der Waals surface area contributed by atoms with E-state index < -0.39 is 27.8 Å². The minimum absolute atomic E-state index is 0.201. The Balaban J connectivity index is 2.24. The summed E-state index contributed by atoms with van der Waals surface area (Å²) >= 11 is 0. The molecule has 0 aromatic heterocycles. The lowest BCUT2D eigenvalue weighted by Crippen LogP contribution is -2.49. The summed E-state index contributed by atoms with van der Waals surface area (Å²) in [6.07, 6.45) is 1.28. The summed E-state index contributed by atoms with van der Waals surface area (Å²) in [5.74, 6) is -0.261. The van der Waals surface area contributed by atoms with E-state index in [0.29, 0.717) is 12.4 Å². The zero-order valence-electron chi connectivity index (χ0n) is 16.2. The molecule has 0 saturated heterocycles. The van der Waals surface area contributed by atoms with Crippen LogP contribution in [0.4, 0.5) is 10.1 Å². The van der Waals surface area contributed by atoms with Crippen molar-refractivity contribution in [1.82, 2.24) is 5.32 Å². The average molecular weight is 408 g/mol. The largest absolute Gasteiger partial charge is 0.494 e. The van der Waals surface area contributed by atoms with Crippen molar-refractivity contribution in [3.05, 3.63) is 59.9 Å². The van der Waals surface area contributed by atoms with Crippen molar-refractivity contribution < 1.29 is 22.3 Å². The van der Waals surface area contributed by atoms with Crippen LogP contribution in [0.2, 0.25) is 0 Å². The van der Waals surface area contributed by atoms with Gasteiger partial charge in [0.2, 0.25) is 15.9 Å². The maximum atomic E-state index is 13.2. The Labute approximate surface area is 165 Å². The molecule has 8 heteroatoms. The first-order valence-corrected chi connectivity index (χ1v) is 10.9. The summed E-state index contributed by atoms with van der Waals surface area (Å²) < 4.78 is 44.5. The topological polar surface area (TPSA) is 75.7 Å². The van der Waals surface area contributed by atoms with E-state index in [-0.39, 0.29) is 18.7 Å². The number of nitrogens with one attached hydrogen (secondary N) is 1. The third kappa shape index (κ3) is 5.45. The summed E-state index contributed by atoms with van der Waals surface area (Å²) in [5.41, 5.74) is 1.03. The number of halogens is 1. The van der Waals surface area contributed by atoms with Gasteiger partial charge in [-0.25, -0.2) is 12.8 Å². The predicted octanol–water partition coefficient (Wildman–Crippen LogP) is 3.09. The van der Waals surface area contributed by atoms with Gasteiger partial charge in [-0.3, -0.25) is 9.10 Å². The van der Waals surface area contributed by atoms with Gasteiger partial charge in [0.15, 0.2) is 0 Å². The quantitative estimate of drug-likeness (QED) is 0.692. The number of carbonyl (C=O) groups excluding carboxylic acids is 1. The molecule has 1 atom stereocenters. The first kappa shape index (κ1) is 21.7. The van der Waals surface area contributed by atoms with Crippen LogP contribution < -0.4 is 14.4 Å². The maximum absolute atomic E-state index is 13.2. The molecule has 0 radical (unpaired) electrons. The number of nitrogens with zero attached hydrogens (tertiary/aromatic N) is 1. The standard InChI is InChI=1S/C20H25FN2O4S/c1-4-18(23(28(3,25)26)17-12-10-16(21)11-13-17)20(24)22-14-15-8-6-7-9-19(15)27-5-2/h6-13,18H,4-5,14H2,1-3H3,(H,22,24)/t18-/m0/s1. The minimum atomic E-state index is -3.76. The van der Waals surface area contributed by atoms with E-state index in [9.17, 15) is 17.6 Å². The fraction of sp³-hybridized carbons (Fsp3) is 0.350. The summed E-state index contributed by atoms with van der Waals surface area (Å²) in [7, 11) is -3.76. The lowest BCUT2D eigenvalue weighted by Gasteiger charge is -2.30. The van der Waals surface area contributed by atoms with Crippen LogP contribution in [0.1, 0.15) is 25.8 Å². The Morgan fingerprint density at radius 3 is 2.36 bits per heavy atom. The van der Waals surface area contributed by atoms with Gasteiger partial charge in [-0.15, -0.1) is 0 Å². The van der Waals surface area contributed by atoms with Gasteiger partial charge in [0.1, 0.15) is 17.6 Å². The maximum Gasteiger partial charge on any atom is 0.244 e. The van der Waals surface area contributed by atoms with Crippen molar-refractivity contribution >= 4 is 21.6 Å². The van der Waals surface area contributed by atoms with Crippen molar-refractivity contribution in [2.24, 2.45) is 0 Å². The molecule has 1 amide bonds. The second kappa shape index (κ2) is 9.54. The number of anilines is 1. The Morgan fingerprint density at radius 1 is 1.14 bits per heavy atom. The third-order valence-corrected chi connectivity index (χ3v) is 5.32. The number of benzene rings is 2. The monoisotopic (exact) mass is 408 g/mol. The van der Waals surface area contributed by atoms with Gasteiger partial charge in [0.25, 0.3) is 0 Å². The van der Waals surface area contributed by atoms with Gasteiger partial charge < -0.3 is 10.1 Å².